The van der Waals surface area contributed by atoms with Gasteiger partial charge in [-0.3, -0.25) is 0 Å². The number of anilines is 1. The predicted molar refractivity (Wildman–Crippen MR) is 87.8 cm³/mol. The van der Waals surface area contributed by atoms with Gasteiger partial charge in [-0.1, -0.05) is 42.5 Å². The molecule has 3 aromatic rings. The van der Waals surface area contributed by atoms with Gasteiger partial charge in [-0.05, 0) is 24.1 Å². The molecule has 22 heavy (non-hydrogen) atoms. The number of phenols is 1. The zero-order chi connectivity index (χ0) is 15.2. The third-order valence-corrected chi connectivity index (χ3v) is 3.39. The van der Waals surface area contributed by atoms with E-state index < -0.39 is 0 Å². The van der Waals surface area contributed by atoms with Crippen LogP contribution < -0.4 is 5.32 Å². The van der Waals surface area contributed by atoms with Gasteiger partial charge >= 0.3 is 0 Å². The first-order valence-corrected chi connectivity index (χ1v) is 7.20. The Morgan fingerprint density at radius 1 is 0.909 bits per heavy atom. The van der Waals surface area contributed by atoms with Crippen LogP contribution in [0.1, 0.15) is 5.56 Å². The van der Waals surface area contributed by atoms with Gasteiger partial charge in [0.05, 0.1) is 5.69 Å². The lowest BCUT2D eigenvalue weighted by molar-refractivity contribution is 0.475. The summed E-state index contributed by atoms with van der Waals surface area (Å²) in [6.07, 6.45) is 2.44. The molecule has 0 aliphatic rings. The summed E-state index contributed by atoms with van der Waals surface area (Å²) in [5.41, 5.74) is 3.15. The molecular formula is C18H17N3O. The highest BCUT2D eigenvalue weighted by Gasteiger charge is 2.01. The van der Waals surface area contributed by atoms with E-state index in [0.29, 0.717) is 5.75 Å². The maximum Gasteiger partial charge on any atom is 0.129 e. The Morgan fingerprint density at radius 2 is 1.68 bits per heavy atom. The number of hydrogen-bond acceptors (Lipinski definition) is 4. The van der Waals surface area contributed by atoms with Gasteiger partial charge in [-0.25, -0.2) is 9.97 Å². The van der Waals surface area contributed by atoms with Crippen LogP contribution in [0.3, 0.4) is 0 Å². The van der Waals surface area contributed by atoms with Crippen LogP contribution in [0.5, 0.6) is 5.75 Å². The number of benzene rings is 2. The molecule has 0 aliphatic carbocycles. The number of nitrogens with one attached hydrogen (secondary N) is 1. The maximum absolute atomic E-state index is 9.27. The fourth-order valence-corrected chi connectivity index (χ4v) is 2.22. The smallest absolute Gasteiger partial charge is 0.129 e. The van der Waals surface area contributed by atoms with Gasteiger partial charge < -0.3 is 10.4 Å². The highest BCUT2D eigenvalue weighted by molar-refractivity contribution is 5.61. The second kappa shape index (κ2) is 6.72. The topological polar surface area (TPSA) is 58.0 Å². The van der Waals surface area contributed by atoms with Crippen LogP contribution in [-0.4, -0.2) is 21.6 Å². The first kappa shape index (κ1) is 14.1. The van der Waals surface area contributed by atoms with Crippen molar-refractivity contribution in [2.45, 2.75) is 6.42 Å². The van der Waals surface area contributed by atoms with Crippen LogP contribution in [0, 0.1) is 0 Å². The van der Waals surface area contributed by atoms with E-state index in [2.05, 4.69) is 15.3 Å². The average Bonchev–Trinajstić information content (AvgIpc) is 2.58. The van der Waals surface area contributed by atoms with Gasteiger partial charge in [-0.2, -0.15) is 0 Å². The Bertz CT molecular complexity index is 727. The average molecular weight is 291 g/mol. The van der Waals surface area contributed by atoms with Crippen LogP contribution >= 0.6 is 0 Å². The van der Waals surface area contributed by atoms with Crippen molar-refractivity contribution in [3.8, 4) is 17.0 Å². The van der Waals surface area contributed by atoms with Gasteiger partial charge in [-0.15, -0.1) is 0 Å². The lowest BCUT2D eigenvalue weighted by Crippen LogP contribution is -2.06. The van der Waals surface area contributed by atoms with Crippen molar-refractivity contribution < 1.29 is 5.11 Å². The van der Waals surface area contributed by atoms with E-state index in [4.69, 9.17) is 0 Å². The second-order valence-electron chi connectivity index (χ2n) is 5.00. The van der Waals surface area contributed by atoms with Crippen LogP contribution in [0.25, 0.3) is 11.3 Å². The number of nitrogens with zero attached hydrogens (tertiary/aromatic N) is 2. The number of phenolic OH excluding ortho intramolecular Hbond substituents is 1. The molecule has 0 aliphatic heterocycles. The molecule has 1 heterocycles. The molecule has 0 saturated carbocycles. The minimum atomic E-state index is 0.292. The fourth-order valence-electron chi connectivity index (χ4n) is 2.22. The first-order chi connectivity index (χ1) is 10.8. The van der Waals surface area contributed by atoms with Crippen LogP contribution in [-0.2, 0) is 6.42 Å². The minimum absolute atomic E-state index is 0.292. The van der Waals surface area contributed by atoms with Crippen molar-refractivity contribution in [2.24, 2.45) is 0 Å². The summed E-state index contributed by atoms with van der Waals surface area (Å²) in [5.74, 6) is 1.10. The molecule has 0 radical (unpaired) electrons. The van der Waals surface area contributed by atoms with E-state index >= 15 is 0 Å². The third kappa shape index (κ3) is 3.61. The van der Waals surface area contributed by atoms with Crippen molar-refractivity contribution in [1.29, 1.82) is 0 Å². The molecule has 0 bridgehead atoms. The number of rotatable bonds is 5. The zero-order valence-corrected chi connectivity index (χ0v) is 12.1. The molecule has 0 unspecified atom stereocenters. The van der Waals surface area contributed by atoms with Crippen molar-refractivity contribution in [2.75, 3.05) is 11.9 Å². The Labute approximate surface area is 129 Å². The van der Waals surface area contributed by atoms with E-state index in [1.165, 1.54) is 5.56 Å². The lowest BCUT2D eigenvalue weighted by atomic mass is 10.1. The van der Waals surface area contributed by atoms with E-state index in [9.17, 15) is 5.11 Å². The molecule has 0 saturated heterocycles. The van der Waals surface area contributed by atoms with Crippen LogP contribution in [0.4, 0.5) is 5.82 Å². The number of aromatic nitrogens is 2. The molecule has 4 heteroatoms. The molecular weight excluding hydrogens is 274 g/mol. The Morgan fingerprint density at radius 3 is 2.45 bits per heavy atom. The summed E-state index contributed by atoms with van der Waals surface area (Å²) < 4.78 is 0. The van der Waals surface area contributed by atoms with Crippen molar-refractivity contribution >= 4 is 5.82 Å². The SMILES string of the molecule is Oc1ccc(CCNc2cc(-c3ccccc3)ncn2)cc1. The standard InChI is InChI=1S/C18H17N3O/c22-16-8-6-14(7-9-16)10-11-19-18-12-17(20-13-21-18)15-4-2-1-3-5-15/h1-9,12-13,22H,10-11H2,(H,19,20,21). The third-order valence-electron chi connectivity index (χ3n) is 3.39. The largest absolute Gasteiger partial charge is 0.508 e. The molecule has 4 nitrogen and oxygen atoms in total. The maximum atomic E-state index is 9.27. The Hall–Kier alpha value is -2.88. The minimum Gasteiger partial charge on any atom is -0.508 e. The molecule has 0 fully saturated rings. The summed E-state index contributed by atoms with van der Waals surface area (Å²) in [6.45, 7) is 0.774. The van der Waals surface area contributed by atoms with Crippen molar-refractivity contribution in [3.05, 3.63) is 72.6 Å². The Kier molecular flexibility index (Phi) is 4.30. The molecule has 2 N–H and O–H groups in total. The molecule has 0 atom stereocenters. The number of aromatic hydroxyl groups is 1. The van der Waals surface area contributed by atoms with Gasteiger partial charge in [0.25, 0.3) is 0 Å². The fraction of sp³-hybridized carbons (Fsp3) is 0.111. The highest BCUT2D eigenvalue weighted by Crippen LogP contribution is 2.18. The predicted octanol–water partition coefficient (Wildman–Crippen LogP) is 3.50. The van der Waals surface area contributed by atoms with E-state index in [0.717, 1.165) is 30.0 Å². The molecule has 1 aromatic heterocycles. The van der Waals surface area contributed by atoms with E-state index in [1.54, 1.807) is 18.5 Å². The highest BCUT2D eigenvalue weighted by atomic mass is 16.3. The summed E-state index contributed by atoms with van der Waals surface area (Å²) in [4.78, 5) is 8.55. The van der Waals surface area contributed by atoms with Crippen molar-refractivity contribution in [3.63, 3.8) is 0 Å². The molecule has 0 amide bonds. The van der Waals surface area contributed by atoms with E-state index in [1.807, 2.05) is 48.5 Å². The quantitative estimate of drug-likeness (QED) is 0.755. The molecule has 2 aromatic carbocycles. The van der Waals surface area contributed by atoms with Gasteiger partial charge in [0, 0.05) is 18.2 Å². The van der Waals surface area contributed by atoms with Crippen molar-refractivity contribution in [1.82, 2.24) is 9.97 Å². The van der Waals surface area contributed by atoms with E-state index in [-0.39, 0.29) is 0 Å². The zero-order valence-electron chi connectivity index (χ0n) is 12.1. The van der Waals surface area contributed by atoms with Gasteiger partial charge in [0.15, 0.2) is 0 Å². The van der Waals surface area contributed by atoms with Crippen LogP contribution in [0.2, 0.25) is 0 Å². The number of hydrogen-bond donors (Lipinski definition) is 2. The van der Waals surface area contributed by atoms with Gasteiger partial charge in [0.2, 0.25) is 0 Å². The summed E-state index contributed by atoms with van der Waals surface area (Å²) >= 11 is 0. The monoisotopic (exact) mass is 291 g/mol. The molecule has 110 valence electrons. The van der Waals surface area contributed by atoms with Gasteiger partial charge in [0.1, 0.15) is 17.9 Å². The molecule has 0 spiro atoms. The summed E-state index contributed by atoms with van der Waals surface area (Å²) in [5, 5.41) is 12.6. The summed E-state index contributed by atoms with van der Waals surface area (Å²) in [7, 11) is 0. The normalized spacial score (nSPS) is 10.4. The second-order valence-corrected chi connectivity index (χ2v) is 5.00. The molecule has 3 rings (SSSR count). The van der Waals surface area contributed by atoms with Crippen LogP contribution in [0.15, 0.2) is 67.0 Å². The lowest BCUT2D eigenvalue weighted by Gasteiger charge is -2.07. The summed E-state index contributed by atoms with van der Waals surface area (Å²) in [6, 6.07) is 19.2. The Balaban J connectivity index is 1.62. The first-order valence-electron chi connectivity index (χ1n) is 7.20.